The van der Waals surface area contributed by atoms with Gasteiger partial charge < -0.3 is 4.74 Å². The van der Waals surface area contributed by atoms with E-state index in [1.54, 1.807) is 13.3 Å². The fourth-order valence-electron chi connectivity index (χ4n) is 1.53. The Morgan fingerprint density at radius 3 is 2.81 bits per heavy atom. The Bertz CT molecular complexity index is 511. The molecular formula is C13H12ClNO. The van der Waals surface area contributed by atoms with Gasteiger partial charge in [-0.25, -0.2) is 0 Å². The number of ether oxygens (including phenoxy) is 1. The maximum absolute atomic E-state index is 6.24. The fourth-order valence-corrected chi connectivity index (χ4v) is 1.75. The summed E-state index contributed by atoms with van der Waals surface area (Å²) in [6.45, 7) is 1.98. The molecule has 0 bridgehead atoms. The summed E-state index contributed by atoms with van der Waals surface area (Å²) in [5, 5.41) is 0.739. The van der Waals surface area contributed by atoms with E-state index in [9.17, 15) is 0 Å². The van der Waals surface area contributed by atoms with E-state index in [0.717, 1.165) is 27.6 Å². The number of rotatable bonds is 2. The van der Waals surface area contributed by atoms with Gasteiger partial charge in [0.1, 0.15) is 5.75 Å². The number of aromatic nitrogens is 1. The number of nitrogens with zero attached hydrogens (tertiary/aromatic N) is 1. The van der Waals surface area contributed by atoms with Gasteiger partial charge >= 0.3 is 0 Å². The average molecular weight is 234 g/mol. The van der Waals surface area contributed by atoms with Crippen molar-refractivity contribution in [1.82, 2.24) is 4.98 Å². The molecule has 0 unspecified atom stereocenters. The van der Waals surface area contributed by atoms with E-state index < -0.39 is 0 Å². The molecule has 0 fully saturated rings. The fraction of sp³-hybridized carbons (Fsp3) is 0.154. The van der Waals surface area contributed by atoms with Crippen molar-refractivity contribution in [2.75, 3.05) is 7.11 Å². The van der Waals surface area contributed by atoms with Crippen molar-refractivity contribution in [2.45, 2.75) is 6.92 Å². The van der Waals surface area contributed by atoms with Crippen LogP contribution >= 0.6 is 11.6 Å². The molecule has 0 aliphatic carbocycles. The van der Waals surface area contributed by atoms with Gasteiger partial charge in [0.2, 0.25) is 0 Å². The Morgan fingerprint density at radius 2 is 2.06 bits per heavy atom. The van der Waals surface area contributed by atoms with Crippen LogP contribution in [0.25, 0.3) is 11.3 Å². The van der Waals surface area contributed by atoms with Crippen LogP contribution in [0.5, 0.6) is 5.75 Å². The molecule has 0 N–H and O–H groups in total. The third-order valence-electron chi connectivity index (χ3n) is 2.43. The minimum atomic E-state index is 0.739. The summed E-state index contributed by atoms with van der Waals surface area (Å²) in [6, 6.07) is 9.59. The van der Waals surface area contributed by atoms with Crippen molar-refractivity contribution < 1.29 is 4.74 Å². The van der Waals surface area contributed by atoms with Gasteiger partial charge in [-0.05, 0) is 18.6 Å². The molecule has 0 aliphatic heterocycles. The van der Waals surface area contributed by atoms with Crippen molar-refractivity contribution in [3.05, 3.63) is 47.1 Å². The summed E-state index contributed by atoms with van der Waals surface area (Å²) >= 11 is 6.24. The Hall–Kier alpha value is -1.54. The van der Waals surface area contributed by atoms with Crippen LogP contribution in [0.4, 0.5) is 0 Å². The number of benzene rings is 1. The van der Waals surface area contributed by atoms with Gasteiger partial charge in [-0.3, -0.25) is 4.98 Å². The lowest BCUT2D eigenvalue weighted by atomic mass is 10.1. The second-order valence-corrected chi connectivity index (χ2v) is 3.90. The number of aryl methyl sites for hydroxylation is 1. The second-order valence-electron chi connectivity index (χ2n) is 3.52. The molecule has 0 radical (unpaired) electrons. The molecular weight excluding hydrogens is 222 g/mol. The van der Waals surface area contributed by atoms with Crippen molar-refractivity contribution in [2.24, 2.45) is 0 Å². The van der Waals surface area contributed by atoms with Gasteiger partial charge in [-0.1, -0.05) is 29.8 Å². The van der Waals surface area contributed by atoms with Crippen LogP contribution in [-0.2, 0) is 0 Å². The predicted octanol–water partition coefficient (Wildman–Crippen LogP) is 3.72. The van der Waals surface area contributed by atoms with Crippen LogP contribution in [0.3, 0.4) is 0 Å². The molecule has 3 heteroatoms. The molecule has 2 nitrogen and oxygen atoms in total. The van der Waals surface area contributed by atoms with Crippen LogP contribution in [0.2, 0.25) is 5.02 Å². The zero-order chi connectivity index (χ0) is 11.5. The lowest BCUT2D eigenvalue weighted by Gasteiger charge is -2.07. The quantitative estimate of drug-likeness (QED) is 0.789. The van der Waals surface area contributed by atoms with Crippen molar-refractivity contribution in [3.63, 3.8) is 0 Å². The molecule has 0 amide bonds. The highest BCUT2D eigenvalue weighted by molar-refractivity contribution is 6.34. The standard InChI is InChI=1S/C13H12ClNO/c1-9-4-3-5-11(13(9)14)12-8-10(16-2)6-7-15-12/h3-8H,1-2H3. The molecule has 82 valence electrons. The Kier molecular flexibility index (Phi) is 3.11. The van der Waals surface area contributed by atoms with Crippen LogP contribution in [0, 0.1) is 6.92 Å². The molecule has 0 atom stereocenters. The summed E-state index contributed by atoms with van der Waals surface area (Å²) in [6.07, 6.45) is 1.72. The summed E-state index contributed by atoms with van der Waals surface area (Å²) in [5.41, 5.74) is 2.80. The first-order valence-corrected chi connectivity index (χ1v) is 5.35. The molecule has 0 saturated carbocycles. The van der Waals surface area contributed by atoms with Crippen molar-refractivity contribution in [3.8, 4) is 17.0 Å². The molecule has 0 aliphatic rings. The molecule has 0 spiro atoms. The van der Waals surface area contributed by atoms with Gasteiger partial charge in [0.25, 0.3) is 0 Å². The Labute approximate surface area is 99.9 Å². The minimum Gasteiger partial charge on any atom is -0.497 e. The largest absolute Gasteiger partial charge is 0.497 e. The van der Waals surface area contributed by atoms with Gasteiger partial charge in [-0.15, -0.1) is 0 Å². The summed E-state index contributed by atoms with van der Waals surface area (Å²) in [4.78, 5) is 4.30. The molecule has 1 aromatic heterocycles. The Morgan fingerprint density at radius 1 is 1.25 bits per heavy atom. The van der Waals surface area contributed by atoms with E-state index in [-0.39, 0.29) is 0 Å². The van der Waals surface area contributed by atoms with Gasteiger partial charge in [0.15, 0.2) is 0 Å². The first-order valence-electron chi connectivity index (χ1n) is 4.98. The third-order valence-corrected chi connectivity index (χ3v) is 2.94. The first-order chi connectivity index (χ1) is 7.72. The van der Waals surface area contributed by atoms with Crippen LogP contribution < -0.4 is 4.74 Å². The highest BCUT2D eigenvalue weighted by atomic mass is 35.5. The van der Waals surface area contributed by atoms with Crippen LogP contribution in [0.15, 0.2) is 36.5 Å². The summed E-state index contributed by atoms with van der Waals surface area (Å²) < 4.78 is 5.16. The second kappa shape index (κ2) is 4.54. The zero-order valence-corrected chi connectivity index (χ0v) is 9.95. The van der Waals surface area contributed by atoms with Gasteiger partial charge in [-0.2, -0.15) is 0 Å². The van der Waals surface area contributed by atoms with E-state index in [1.807, 2.05) is 37.3 Å². The maximum Gasteiger partial charge on any atom is 0.122 e. The molecule has 16 heavy (non-hydrogen) atoms. The monoisotopic (exact) mass is 233 g/mol. The molecule has 2 rings (SSSR count). The number of halogens is 1. The molecule has 0 saturated heterocycles. The van der Waals surface area contributed by atoms with E-state index in [1.165, 1.54) is 0 Å². The normalized spacial score (nSPS) is 10.2. The minimum absolute atomic E-state index is 0.739. The molecule has 2 aromatic rings. The van der Waals surface area contributed by atoms with Gasteiger partial charge in [0, 0.05) is 17.8 Å². The van der Waals surface area contributed by atoms with E-state index in [4.69, 9.17) is 16.3 Å². The maximum atomic E-state index is 6.24. The predicted molar refractivity (Wildman–Crippen MR) is 66.0 cm³/mol. The third kappa shape index (κ3) is 2.02. The lowest BCUT2D eigenvalue weighted by molar-refractivity contribution is 0.414. The summed E-state index contributed by atoms with van der Waals surface area (Å²) in [7, 11) is 1.64. The average Bonchev–Trinajstić information content (AvgIpc) is 2.33. The smallest absolute Gasteiger partial charge is 0.122 e. The van der Waals surface area contributed by atoms with Crippen molar-refractivity contribution >= 4 is 11.6 Å². The van der Waals surface area contributed by atoms with Crippen molar-refractivity contribution in [1.29, 1.82) is 0 Å². The lowest BCUT2D eigenvalue weighted by Crippen LogP contribution is -1.89. The SMILES string of the molecule is COc1ccnc(-c2cccc(C)c2Cl)c1. The van der Waals surface area contributed by atoms with Crippen LogP contribution in [-0.4, -0.2) is 12.1 Å². The number of pyridine rings is 1. The zero-order valence-electron chi connectivity index (χ0n) is 9.20. The number of methoxy groups -OCH3 is 1. The van der Waals surface area contributed by atoms with Gasteiger partial charge in [0.05, 0.1) is 17.8 Å². The molecule has 1 aromatic carbocycles. The molecule has 1 heterocycles. The van der Waals surface area contributed by atoms with E-state index in [0.29, 0.717) is 0 Å². The Balaban J connectivity index is 2.54. The van der Waals surface area contributed by atoms with E-state index >= 15 is 0 Å². The number of hydrogen-bond donors (Lipinski definition) is 0. The number of hydrogen-bond acceptors (Lipinski definition) is 2. The highest BCUT2D eigenvalue weighted by Gasteiger charge is 2.07. The first kappa shape index (κ1) is 11.0. The van der Waals surface area contributed by atoms with Crippen LogP contribution in [0.1, 0.15) is 5.56 Å². The topological polar surface area (TPSA) is 22.1 Å². The highest BCUT2D eigenvalue weighted by Crippen LogP contribution is 2.30. The van der Waals surface area contributed by atoms with E-state index in [2.05, 4.69) is 4.98 Å². The summed E-state index contributed by atoms with van der Waals surface area (Å²) in [5.74, 6) is 0.780.